The SMILES string of the molecule is CO[C@H]1C(=O)N2C(C(=O)O)=C(CBr)C(Cc3ccc(Cl)c(Cl)c3)S(=O)(=O)[C@H]12. The van der Waals surface area contributed by atoms with E-state index >= 15 is 0 Å². The summed E-state index contributed by atoms with van der Waals surface area (Å²) in [6.07, 6.45) is -1.23. The summed E-state index contributed by atoms with van der Waals surface area (Å²) in [6.45, 7) is 0. The molecular formula is C16H14BrCl2NO6S. The van der Waals surface area contributed by atoms with E-state index in [9.17, 15) is 23.1 Å². The molecule has 0 aromatic heterocycles. The maximum Gasteiger partial charge on any atom is 0.352 e. The molecule has 2 aliphatic heterocycles. The highest BCUT2D eigenvalue weighted by atomic mass is 79.9. The standard InChI is InChI=1S/C16H14BrCl2NO6S/c1-26-13-14(21)20-12(16(22)23)8(6-17)11(27(24,25)15(13)20)5-7-2-3-9(18)10(19)4-7/h2-4,11,13,15H,5-6H2,1H3,(H,22,23)/t11?,13-,15+/m0/s1. The fourth-order valence-electron chi connectivity index (χ4n) is 3.40. The molecule has 2 heterocycles. The Labute approximate surface area is 173 Å². The molecule has 1 unspecified atom stereocenters. The van der Waals surface area contributed by atoms with Gasteiger partial charge in [0, 0.05) is 12.4 Å². The molecule has 27 heavy (non-hydrogen) atoms. The van der Waals surface area contributed by atoms with E-state index in [2.05, 4.69) is 15.9 Å². The van der Waals surface area contributed by atoms with Gasteiger partial charge in [0.1, 0.15) is 5.70 Å². The molecule has 11 heteroatoms. The molecule has 0 aliphatic carbocycles. The maximum absolute atomic E-state index is 13.2. The Balaban J connectivity index is 2.14. The summed E-state index contributed by atoms with van der Waals surface area (Å²) in [6, 6.07) is 4.71. The molecule has 7 nitrogen and oxygen atoms in total. The molecule has 146 valence electrons. The van der Waals surface area contributed by atoms with Crippen molar-refractivity contribution >= 4 is 60.8 Å². The van der Waals surface area contributed by atoms with Crippen LogP contribution in [-0.4, -0.2) is 59.5 Å². The zero-order valence-electron chi connectivity index (χ0n) is 13.9. The lowest BCUT2D eigenvalue weighted by Crippen LogP contribution is -2.72. The number of carboxylic acid groups (broad SMARTS) is 1. The van der Waals surface area contributed by atoms with Gasteiger partial charge in [-0.25, -0.2) is 13.2 Å². The average molecular weight is 499 g/mol. The van der Waals surface area contributed by atoms with Gasteiger partial charge in [-0.15, -0.1) is 0 Å². The number of fused-ring (bicyclic) bond motifs is 1. The highest BCUT2D eigenvalue weighted by Gasteiger charge is 2.63. The number of aliphatic carboxylic acids is 1. The largest absolute Gasteiger partial charge is 0.477 e. The minimum absolute atomic E-state index is 0.00804. The quantitative estimate of drug-likeness (QED) is 0.493. The van der Waals surface area contributed by atoms with E-state index in [1.165, 1.54) is 13.2 Å². The van der Waals surface area contributed by atoms with E-state index in [0.717, 1.165) is 4.90 Å². The van der Waals surface area contributed by atoms with Crippen LogP contribution in [0, 0.1) is 0 Å². The summed E-state index contributed by atoms with van der Waals surface area (Å²) in [7, 11) is -2.74. The van der Waals surface area contributed by atoms with Crippen molar-refractivity contribution in [1.29, 1.82) is 0 Å². The summed E-state index contributed by atoms with van der Waals surface area (Å²) >= 11 is 15.1. The number of ether oxygens (including phenoxy) is 1. The number of benzene rings is 1. The molecule has 1 fully saturated rings. The molecule has 1 N–H and O–H groups in total. The van der Waals surface area contributed by atoms with Crippen molar-refractivity contribution in [1.82, 2.24) is 4.90 Å². The third-order valence-electron chi connectivity index (χ3n) is 4.67. The van der Waals surface area contributed by atoms with Crippen LogP contribution < -0.4 is 0 Å². The van der Waals surface area contributed by atoms with Crippen molar-refractivity contribution in [2.75, 3.05) is 12.4 Å². The van der Waals surface area contributed by atoms with Crippen molar-refractivity contribution < 1.29 is 27.9 Å². The molecule has 0 saturated carbocycles. The van der Waals surface area contributed by atoms with Gasteiger partial charge in [-0.3, -0.25) is 9.69 Å². The molecule has 0 spiro atoms. The Morgan fingerprint density at radius 1 is 1.33 bits per heavy atom. The van der Waals surface area contributed by atoms with Crippen LogP contribution >= 0.6 is 39.1 Å². The summed E-state index contributed by atoms with van der Waals surface area (Å²) in [5.74, 6) is -2.05. The predicted molar refractivity (Wildman–Crippen MR) is 103 cm³/mol. The van der Waals surface area contributed by atoms with E-state index < -0.39 is 38.4 Å². The highest BCUT2D eigenvalue weighted by Crippen LogP contribution is 2.42. The minimum atomic E-state index is -3.95. The lowest BCUT2D eigenvalue weighted by molar-refractivity contribution is -0.162. The minimum Gasteiger partial charge on any atom is -0.477 e. The third kappa shape index (κ3) is 3.19. The van der Waals surface area contributed by atoms with Gasteiger partial charge in [0.25, 0.3) is 5.91 Å². The molecule has 0 bridgehead atoms. The van der Waals surface area contributed by atoms with Crippen molar-refractivity contribution in [3.05, 3.63) is 45.1 Å². The predicted octanol–water partition coefficient (Wildman–Crippen LogP) is 2.25. The van der Waals surface area contributed by atoms with Crippen LogP contribution in [0.5, 0.6) is 0 Å². The Morgan fingerprint density at radius 2 is 2.00 bits per heavy atom. The van der Waals surface area contributed by atoms with Gasteiger partial charge >= 0.3 is 5.97 Å². The number of carbonyl (C=O) groups is 2. The fraction of sp³-hybridized carbons (Fsp3) is 0.375. The topological polar surface area (TPSA) is 101 Å². The Kier molecular flexibility index (Phi) is 5.62. The second-order valence-corrected chi connectivity index (χ2v) is 9.70. The van der Waals surface area contributed by atoms with Crippen molar-refractivity contribution in [2.24, 2.45) is 0 Å². The number of amides is 1. The number of sulfone groups is 1. The first-order valence-corrected chi connectivity index (χ1v) is 11.2. The van der Waals surface area contributed by atoms with Crippen molar-refractivity contribution in [2.45, 2.75) is 23.1 Å². The second kappa shape index (κ2) is 7.36. The van der Waals surface area contributed by atoms with Gasteiger partial charge in [0.05, 0.1) is 15.3 Å². The van der Waals surface area contributed by atoms with Crippen LogP contribution in [0.4, 0.5) is 0 Å². The number of β-lactam (4-membered cyclic amide) rings is 1. The maximum atomic E-state index is 13.2. The summed E-state index contributed by atoms with van der Waals surface area (Å²) in [5, 5.41) is 7.68. The summed E-state index contributed by atoms with van der Waals surface area (Å²) < 4.78 is 31.4. The van der Waals surface area contributed by atoms with Gasteiger partial charge in [-0.1, -0.05) is 45.2 Å². The molecule has 0 radical (unpaired) electrons. The Bertz CT molecular complexity index is 964. The van der Waals surface area contributed by atoms with E-state index in [-0.39, 0.29) is 28.0 Å². The van der Waals surface area contributed by atoms with Crippen LogP contribution in [0.1, 0.15) is 5.56 Å². The Hall–Kier alpha value is -1.13. The van der Waals surface area contributed by atoms with Crippen LogP contribution in [0.25, 0.3) is 0 Å². The van der Waals surface area contributed by atoms with Crippen LogP contribution in [0.3, 0.4) is 0 Å². The van der Waals surface area contributed by atoms with Crippen LogP contribution in [0.2, 0.25) is 10.0 Å². The van der Waals surface area contributed by atoms with E-state index in [1.807, 2.05) is 0 Å². The number of carboxylic acids is 1. The van der Waals surface area contributed by atoms with Gasteiger partial charge in [0.2, 0.25) is 0 Å². The molecule has 1 saturated heterocycles. The Morgan fingerprint density at radius 3 is 2.52 bits per heavy atom. The molecule has 1 aromatic rings. The molecule has 3 rings (SSSR count). The van der Waals surface area contributed by atoms with Gasteiger partial charge < -0.3 is 9.84 Å². The van der Waals surface area contributed by atoms with Gasteiger partial charge in [0.15, 0.2) is 21.3 Å². The highest BCUT2D eigenvalue weighted by molar-refractivity contribution is 9.09. The zero-order chi connectivity index (χ0) is 20.1. The number of hydrogen-bond donors (Lipinski definition) is 1. The number of carbonyl (C=O) groups excluding carboxylic acids is 1. The smallest absolute Gasteiger partial charge is 0.352 e. The van der Waals surface area contributed by atoms with E-state index in [0.29, 0.717) is 10.6 Å². The molecule has 2 aliphatic rings. The first kappa shape index (κ1) is 20.6. The van der Waals surface area contributed by atoms with Crippen LogP contribution in [0.15, 0.2) is 29.5 Å². The zero-order valence-corrected chi connectivity index (χ0v) is 17.8. The summed E-state index contributed by atoms with van der Waals surface area (Å²) in [5.41, 5.74) is 0.358. The number of methoxy groups -OCH3 is 1. The lowest BCUT2D eigenvalue weighted by atomic mass is 9.99. The number of alkyl halides is 1. The monoisotopic (exact) mass is 497 g/mol. The summed E-state index contributed by atoms with van der Waals surface area (Å²) in [4.78, 5) is 24.8. The number of nitrogens with zero attached hydrogens (tertiary/aromatic N) is 1. The lowest BCUT2D eigenvalue weighted by Gasteiger charge is -2.50. The van der Waals surface area contributed by atoms with Crippen molar-refractivity contribution in [3.63, 3.8) is 0 Å². The van der Waals surface area contributed by atoms with Crippen molar-refractivity contribution in [3.8, 4) is 0 Å². The molecule has 1 amide bonds. The molecule has 1 aromatic carbocycles. The van der Waals surface area contributed by atoms with E-state index in [4.69, 9.17) is 27.9 Å². The molecular weight excluding hydrogens is 485 g/mol. The average Bonchev–Trinajstić information content (AvgIpc) is 2.60. The first-order valence-electron chi connectivity index (χ1n) is 7.70. The number of hydrogen-bond acceptors (Lipinski definition) is 5. The van der Waals surface area contributed by atoms with Crippen LogP contribution in [-0.2, 0) is 30.6 Å². The van der Waals surface area contributed by atoms with Gasteiger partial charge in [-0.05, 0) is 29.7 Å². The van der Waals surface area contributed by atoms with E-state index in [1.54, 1.807) is 12.1 Å². The normalized spacial score (nSPS) is 26.6. The fourth-order valence-corrected chi connectivity index (χ4v) is 7.01. The first-order chi connectivity index (χ1) is 12.6. The molecule has 3 atom stereocenters. The number of rotatable bonds is 5. The third-order valence-corrected chi connectivity index (χ3v) is 8.39. The van der Waals surface area contributed by atoms with Gasteiger partial charge in [-0.2, -0.15) is 0 Å². The number of halogens is 3. The second-order valence-electron chi connectivity index (χ2n) is 6.10.